The van der Waals surface area contributed by atoms with Gasteiger partial charge in [0.25, 0.3) is 5.91 Å². The molecule has 36 heavy (non-hydrogen) atoms. The van der Waals surface area contributed by atoms with Gasteiger partial charge in [-0.25, -0.2) is 4.98 Å². The first-order chi connectivity index (χ1) is 16.8. The number of likely N-dealkylation sites (N-methyl/N-ethyl adjacent to an activating group) is 1. The van der Waals surface area contributed by atoms with Crippen LogP contribution in [0, 0.1) is 5.92 Å². The van der Waals surface area contributed by atoms with Gasteiger partial charge in [-0.05, 0) is 38.1 Å². The van der Waals surface area contributed by atoms with Crippen molar-refractivity contribution in [3.63, 3.8) is 0 Å². The third kappa shape index (κ3) is 5.68. The molecule has 4 atom stereocenters. The highest BCUT2D eigenvalue weighted by Gasteiger charge is 2.44. The third-order valence-electron chi connectivity index (χ3n) is 6.09. The molecular formula is C24H26ClF3N4O3S. The monoisotopic (exact) mass is 542 g/mol. The highest BCUT2D eigenvalue weighted by molar-refractivity contribution is 7.11. The first-order valence-electron chi connectivity index (χ1n) is 11.3. The van der Waals surface area contributed by atoms with Gasteiger partial charge in [-0.1, -0.05) is 0 Å². The summed E-state index contributed by atoms with van der Waals surface area (Å²) in [5.41, 5.74) is -0.0625. The number of benzene rings is 1. The van der Waals surface area contributed by atoms with Crippen molar-refractivity contribution in [3.05, 3.63) is 51.6 Å². The lowest BCUT2D eigenvalue weighted by Gasteiger charge is -2.28. The van der Waals surface area contributed by atoms with E-state index < -0.39 is 29.1 Å². The van der Waals surface area contributed by atoms with Gasteiger partial charge < -0.3 is 20.1 Å². The number of carbonyl (C=O) groups excluding carboxylic acids is 1. The average Bonchev–Trinajstić information content (AvgIpc) is 3.31. The van der Waals surface area contributed by atoms with Crippen molar-refractivity contribution in [2.75, 3.05) is 25.1 Å². The number of amides is 1. The van der Waals surface area contributed by atoms with Crippen LogP contribution in [0.3, 0.4) is 0 Å². The molecule has 1 aromatic heterocycles. The van der Waals surface area contributed by atoms with Crippen molar-refractivity contribution >= 4 is 40.7 Å². The van der Waals surface area contributed by atoms with Crippen molar-refractivity contribution in [1.82, 2.24) is 10.3 Å². The summed E-state index contributed by atoms with van der Waals surface area (Å²) in [5.74, 6) is -1.53. The molecule has 0 spiro atoms. The Morgan fingerprint density at radius 1 is 1.42 bits per heavy atom. The Morgan fingerprint density at radius 2 is 2.17 bits per heavy atom. The fraction of sp³-hybridized carbons (Fsp3) is 0.458. The summed E-state index contributed by atoms with van der Waals surface area (Å²) in [7, 11) is 1.96. The zero-order valence-corrected chi connectivity index (χ0v) is 21.4. The molecule has 3 heterocycles. The van der Waals surface area contributed by atoms with E-state index in [1.165, 1.54) is 24.5 Å². The number of aromatic nitrogens is 1. The number of carbonyl (C=O) groups is 1. The van der Waals surface area contributed by atoms with Gasteiger partial charge in [-0.15, -0.1) is 22.9 Å². The minimum absolute atomic E-state index is 0.0933. The number of thiazole rings is 1. The molecule has 1 amide bonds. The van der Waals surface area contributed by atoms with Crippen LogP contribution in [0.25, 0.3) is 0 Å². The minimum atomic E-state index is -4.51. The van der Waals surface area contributed by atoms with Crippen molar-refractivity contribution in [2.45, 2.75) is 43.5 Å². The molecule has 7 nitrogen and oxygen atoms in total. The van der Waals surface area contributed by atoms with E-state index >= 15 is 0 Å². The Balaban J connectivity index is 1.43. The van der Waals surface area contributed by atoms with Gasteiger partial charge >= 0.3 is 6.18 Å². The normalized spacial score (nSPS) is 22.2. The lowest BCUT2D eigenvalue weighted by Crippen LogP contribution is -2.33. The van der Waals surface area contributed by atoms with Gasteiger partial charge in [0.1, 0.15) is 23.0 Å². The third-order valence-corrected chi connectivity index (χ3v) is 7.91. The van der Waals surface area contributed by atoms with E-state index in [2.05, 4.69) is 20.2 Å². The van der Waals surface area contributed by atoms with Crippen LogP contribution in [0.2, 0.25) is 0 Å². The smallest absolute Gasteiger partial charge is 0.397 e. The number of nitrogens with zero attached hydrogens (tertiary/aromatic N) is 3. The maximum absolute atomic E-state index is 13.2. The lowest BCUT2D eigenvalue weighted by atomic mass is 9.94. The molecular weight excluding hydrogens is 517 g/mol. The molecule has 0 radical (unpaired) electrons. The molecule has 2 aromatic rings. The molecule has 0 aliphatic carbocycles. The average molecular weight is 543 g/mol. The summed E-state index contributed by atoms with van der Waals surface area (Å²) in [6.45, 7) is 4.56. The van der Waals surface area contributed by atoms with E-state index in [-0.39, 0.29) is 18.0 Å². The molecule has 2 aliphatic heterocycles. The zero-order chi connectivity index (χ0) is 26.3. The summed E-state index contributed by atoms with van der Waals surface area (Å²) < 4.78 is 45.4. The fourth-order valence-corrected chi connectivity index (χ4v) is 5.23. The molecule has 0 saturated carbocycles. The lowest BCUT2D eigenvalue weighted by molar-refractivity contribution is -0.158. The second kappa shape index (κ2) is 10.0. The van der Waals surface area contributed by atoms with E-state index in [0.29, 0.717) is 27.8 Å². The quantitative estimate of drug-likeness (QED) is 0.511. The number of anilines is 1. The molecule has 0 saturated heterocycles. The fourth-order valence-electron chi connectivity index (χ4n) is 4.00. The molecule has 0 bridgehead atoms. The number of rotatable bonds is 6. The maximum atomic E-state index is 13.2. The summed E-state index contributed by atoms with van der Waals surface area (Å²) in [5, 5.41) is 13.2. The molecule has 194 valence electrons. The second-order valence-electron chi connectivity index (χ2n) is 9.11. The molecule has 2 N–H and O–H groups in total. The topological polar surface area (TPSA) is 87.0 Å². The van der Waals surface area contributed by atoms with Crippen LogP contribution in [0.4, 0.5) is 18.9 Å². The number of alkyl halides is 4. The van der Waals surface area contributed by atoms with Crippen molar-refractivity contribution < 1.29 is 27.8 Å². The Bertz CT molecular complexity index is 1200. The first kappa shape index (κ1) is 26.4. The number of fused-ring (bicyclic) bond motifs is 1. The standard InChI is InChI=1S/C24H26ClF3N4O3S/c1-13(31-21(33)14-4-5-18-19(8-14)35-7-6-32(18)3)22-30-12-20(36-22)23(2,34)10-15-9-16(24(26,27)28)17(25)11-29-15/h4-5,8-9,11-13,16-17,34H,6-7,10H2,1-3H3,(H,31,33). The second-order valence-corrected chi connectivity index (χ2v) is 10.7. The Labute approximate surface area is 215 Å². The number of hydrogen-bond acceptors (Lipinski definition) is 7. The van der Waals surface area contributed by atoms with Crippen LogP contribution in [0.5, 0.6) is 5.75 Å². The van der Waals surface area contributed by atoms with E-state index in [4.69, 9.17) is 16.3 Å². The van der Waals surface area contributed by atoms with Gasteiger partial charge in [0.05, 0.1) is 34.4 Å². The number of nitrogens with one attached hydrogen (secondary N) is 1. The summed E-state index contributed by atoms with van der Waals surface area (Å²) >= 11 is 6.93. The maximum Gasteiger partial charge on any atom is 0.397 e. The summed E-state index contributed by atoms with van der Waals surface area (Å²) in [4.78, 5) is 23.6. The predicted molar refractivity (Wildman–Crippen MR) is 133 cm³/mol. The number of ether oxygens (including phenoxy) is 1. The summed E-state index contributed by atoms with van der Waals surface area (Å²) in [6, 6.07) is 4.79. The number of aliphatic imine (C=N–C) groups is 1. The Hall–Kier alpha value is -2.63. The largest absolute Gasteiger partial charge is 0.490 e. The van der Waals surface area contributed by atoms with Gasteiger partial charge in [0, 0.05) is 37.1 Å². The van der Waals surface area contributed by atoms with Crippen molar-refractivity contribution in [2.24, 2.45) is 10.9 Å². The van der Waals surface area contributed by atoms with E-state index in [1.54, 1.807) is 19.1 Å². The van der Waals surface area contributed by atoms with Gasteiger partial charge in [0.15, 0.2) is 0 Å². The number of aliphatic hydroxyl groups is 1. The van der Waals surface area contributed by atoms with Gasteiger partial charge in [-0.2, -0.15) is 13.2 Å². The van der Waals surface area contributed by atoms with Crippen LogP contribution in [0.15, 0.2) is 41.2 Å². The van der Waals surface area contributed by atoms with Crippen LogP contribution in [0.1, 0.15) is 46.6 Å². The number of hydrogen-bond donors (Lipinski definition) is 2. The van der Waals surface area contributed by atoms with E-state index in [1.807, 2.05) is 13.1 Å². The number of allylic oxidation sites excluding steroid dienone is 1. The van der Waals surface area contributed by atoms with Crippen LogP contribution < -0.4 is 15.0 Å². The van der Waals surface area contributed by atoms with Crippen LogP contribution in [-0.4, -0.2) is 54.0 Å². The van der Waals surface area contributed by atoms with Gasteiger partial charge in [-0.3, -0.25) is 9.79 Å². The molecule has 0 fully saturated rings. The molecule has 1 aromatic carbocycles. The highest BCUT2D eigenvalue weighted by atomic mass is 35.5. The first-order valence-corrected chi connectivity index (χ1v) is 12.5. The Kier molecular flexibility index (Phi) is 7.36. The van der Waals surface area contributed by atoms with Crippen molar-refractivity contribution in [1.29, 1.82) is 0 Å². The molecule has 4 rings (SSSR count). The van der Waals surface area contributed by atoms with E-state index in [9.17, 15) is 23.1 Å². The molecule has 4 unspecified atom stereocenters. The predicted octanol–water partition coefficient (Wildman–Crippen LogP) is 4.81. The van der Waals surface area contributed by atoms with Crippen LogP contribution >= 0.6 is 22.9 Å². The zero-order valence-electron chi connectivity index (χ0n) is 19.8. The van der Waals surface area contributed by atoms with Crippen molar-refractivity contribution in [3.8, 4) is 5.75 Å². The Morgan fingerprint density at radius 3 is 2.89 bits per heavy atom. The SMILES string of the molecule is CC(NC(=O)c1ccc2c(c1)OCCN2C)c1ncc(C(C)(O)CC2=CC(C(F)(F)F)C(Cl)C=N2)s1. The van der Waals surface area contributed by atoms with Gasteiger partial charge in [0.2, 0.25) is 0 Å². The molecule has 12 heteroatoms. The minimum Gasteiger partial charge on any atom is -0.490 e. The molecule has 2 aliphatic rings. The highest BCUT2D eigenvalue weighted by Crippen LogP contribution is 2.39. The van der Waals surface area contributed by atoms with Crippen LogP contribution in [-0.2, 0) is 5.60 Å². The summed E-state index contributed by atoms with van der Waals surface area (Å²) in [6.07, 6.45) is -1.20. The number of halogens is 4. The van der Waals surface area contributed by atoms with E-state index in [0.717, 1.165) is 24.5 Å².